The standard InChI is InChI=1S/C15H25N3O.ClH/c1-4-18(5-2)12(3)11-17-15(19)14-8-6-13(10-16)7-9-14;/h6-9,12H,4-5,10-11,16H2,1-3H3,(H,17,19);1H. The first-order valence-corrected chi connectivity index (χ1v) is 6.93. The van der Waals surface area contributed by atoms with E-state index in [4.69, 9.17) is 5.73 Å². The molecule has 1 amide bonds. The molecule has 1 aromatic rings. The Balaban J connectivity index is 0.00000361. The summed E-state index contributed by atoms with van der Waals surface area (Å²) in [6, 6.07) is 7.77. The second kappa shape index (κ2) is 9.75. The smallest absolute Gasteiger partial charge is 0.251 e. The predicted molar refractivity (Wildman–Crippen MR) is 86.3 cm³/mol. The third-order valence-electron chi connectivity index (χ3n) is 3.45. The first-order chi connectivity index (χ1) is 9.12. The Morgan fingerprint density at radius 2 is 1.80 bits per heavy atom. The van der Waals surface area contributed by atoms with Crippen molar-refractivity contribution in [3.63, 3.8) is 0 Å². The second-order valence-corrected chi connectivity index (χ2v) is 4.68. The van der Waals surface area contributed by atoms with Crippen LogP contribution in [-0.2, 0) is 6.54 Å². The molecule has 0 aliphatic rings. The number of rotatable bonds is 7. The third-order valence-corrected chi connectivity index (χ3v) is 3.45. The number of hydrogen-bond acceptors (Lipinski definition) is 3. The van der Waals surface area contributed by atoms with Crippen LogP contribution in [0.4, 0.5) is 0 Å². The normalized spacial score (nSPS) is 11.8. The van der Waals surface area contributed by atoms with Gasteiger partial charge in [0.2, 0.25) is 0 Å². The van der Waals surface area contributed by atoms with Crippen molar-refractivity contribution < 1.29 is 4.79 Å². The number of nitrogens with zero attached hydrogens (tertiary/aromatic N) is 1. The lowest BCUT2D eigenvalue weighted by molar-refractivity contribution is 0.0938. The summed E-state index contributed by atoms with van der Waals surface area (Å²) in [5.41, 5.74) is 7.25. The predicted octanol–water partition coefficient (Wildman–Crippen LogP) is 2.03. The van der Waals surface area contributed by atoms with E-state index in [1.807, 2.05) is 24.3 Å². The fourth-order valence-corrected chi connectivity index (χ4v) is 2.11. The summed E-state index contributed by atoms with van der Waals surface area (Å²) in [6.45, 7) is 9.56. The van der Waals surface area contributed by atoms with Crippen molar-refractivity contribution in [2.45, 2.75) is 33.4 Å². The third kappa shape index (κ3) is 5.49. The largest absolute Gasteiger partial charge is 0.350 e. The molecule has 0 saturated heterocycles. The molecule has 3 N–H and O–H groups in total. The van der Waals surface area contributed by atoms with Gasteiger partial charge in [0, 0.05) is 24.7 Å². The van der Waals surface area contributed by atoms with Crippen LogP contribution in [0.15, 0.2) is 24.3 Å². The number of likely N-dealkylation sites (N-methyl/N-ethyl adjacent to an activating group) is 1. The molecule has 0 fully saturated rings. The number of hydrogen-bond donors (Lipinski definition) is 2. The number of carbonyl (C=O) groups excluding carboxylic acids is 1. The molecule has 1 atom stereocenters. The molecular weight excluding hydrogens is 274 g/mol. The maximum Gasteiger partial charge on any atom is 0.251 e. The van der Waals surface area contributed by atoms with Crippen molar-refractivity contribution in [2.24, 2.45) is 5.73 Å². The van der Waals surface area contributed by atoms with Crippen molar-refractivity contribution >= 4 is 18.3 Å². The van der Waals surface area contributed by atoms with Crippen LogP contribution < -0.4 is 11.1 Å². The quantitative estimate of drug-likeness (QED) is 0.810. The molecule has 114 valence electrons. The molecule has 0 heterocycles. The number of carbonyl (C=O) groups is 1. The molecule has 0 saturated carbocycles. The maximum absolute atomic E-state index is 12.0. The fourth-order valence-electron chi connectivity index (χ4n) is 2.11. The minimum absolute atomic E-state index is 0. The van der Waals surface area contributed by atoms with Gasteiger partial charge in [-0.2, -0.15) is 0 Å². The van der Waals surface area contributed by atoms with Gasteiger partial charge in [0.25, 0.3) is 5.91 Å². The minimum Gasteiger partial charge on any atom is -0.350 e. The van der Waals surface area contributed by atoms with E-state index in [9.17, 15) is 4.79 Å². The SMILES string of the molecule is CCN(CC)C(C)CNC(=O)c1ccc(CN)cc1.Cl. The van der Waals surface area contributed by atoms with Gasteiger partial charge in [-0.25, -0.2) is 0 Å². The number of nitrogens with two attached hydrogens (primary N) is 1. The molecular formula is C15H26ClN3O. The summed E-state index contributed by atoms with van der Waals surface area (Å²) in [5, 5.41) is 2.97. The Morgan fingerprint density at radius 1 is 1.25 bits per heavy atom. The van der Waals surface area contributed by atoms with Crippen LogP contribution in [-0.4, -0.2) is 36.5 Å². The highest BCUT2D eigenvalue weighted by Gasteiger charge is 2.12. The highest BCUT2D eigenvalue weighted by molar-refractivity contribution is 5.94. The Bertz CT molecular complexity index is 391. The first kappa shape index (κ1) is 18.9. The number of amides is 1. The van der Waals surface area contributed by atoms with Crippen LogP contribution in [0.5, 0.6) is 0 Å². The van der Waals surface area contributed by atoms with E-state index in [2.05, 4.69) is 31.0 Å². The molecule has 0 aromatic heterocycles. The highest BCUT2D eigenvalue weighted by atomic mass is 35.5. The zero-order chi connectivity index (χ0) is 14.3. The van der Waals surface area contributed by atoms with Crippen LogP contribution in [0, 0.1) is 0 Å². The Kier molecular flexibility index (Phi) is 9.21. The number of benzene rings is 1. The zero-order valence-corrected chi connectivity index (χ0v) is 13.4. The lowest BCUT2D eigenvalue weighted by atomic mass is 10.1. The lowest BCUT2D eigenvalue weighted by Gasteiger charge is -2.26. The van der Waals surface area contributed by atoms with Crippen LogP contribution in [0.1, 0.15) is 36.7 Å². The molecule has 0 radical (unpaired) electrons. The molecule has 0 bridgehead atoms. The van der Waals surface area contributed by atoms with E-state index in [0.29, 0.717) is 24.7 Å². The summed E-state index contributed by atoms with van der Waals surface area (Å²) < 4.78 is 0. The van der Waals surface area contributed by atoms with E-state index in [1.54, 1.807) is 0 Å². The van der Waals surface area contributed by atoms with E-state index in [0.717, 1.165) is 18.7 Å². The maximum atomic E-state index is 12.0. The fraction of sp³-hybridized carbons (Fsp3) is 0.533. The van der Waals surface area contributed by atoms with Gasteiger partial charge in [0.05, 0.1) is 0 Å². The molecule has 0 spiro atoms. The van der Waals surface area contributed by atoms with Crippen molar-refractivity contribution in [1.29, 1.82) is 0 Å². The first-order valence-electron chi connectivity index (χ1n) is 6.93. The van der Waals surface area contributed by atoms with E-state index >= 15 is 0 Å². The summed E-state index contributed by atoms with van der Waals surface area (Å²) >= 11 is 0. The van der Waals surface area contributed by atoms with E-state index < -0.39 is 0 Å². The van der Waals surface area contributed by atoms with Gasteiger partial charge >= 0.3 is 0 Å². The molecule has 20 heavy (non-hydrogen) atoms. The summed E-state index contributed by atoms with van der Waals surface area (Å²) in [7, 11) is 0. The minimum atomic E-state index is -0.0254. The number of nitrogens with one attached hydrogen (secondary N) is 1. The van der Waals surface area contributed by atoms with Crippen LogP contribution >= 0.6 is 12.4 Å². The van der Waals surface area contributed by atoms with Crippen LogP contribution in [0.3, 0.4) is 0 Å². The Morgan fingerprint density at radius 3 is 2.25 bits per heavy atom. The molecule has 5 heteroatoms. The number of halogens is 1. The average Bonchev–Trinajstić information content (AvgIpc) is 2.46. The van der Waals surface area contributed by atoms with E-state index in [-0.39, 0.29) is 18.3 Å². The summed E-state index contributed by atoms with van der Waals surface area (Å²) in [6.07, 6.45) is 0. The molecule has 1 unspecified atom stereocenters. The molecule has 0 aliphatic carbocycles. The van der Waals surface area contributed by atoms with Gasteiger partial charge in [-0.1, -0.05) is 26.0 Å². The Labute approximate surface area is 128 Å². The van der Waals surface area contributed by atoms with Crippen molar-refractivity contribution in [3.05, 3.63) is 35.4 Å². The van der Waals surface area contributed by atoms with Gasteiger partial charge in [-0.15, -0.1) is 12.4 Å². The van der Waals surface area contributed by atoms with Gasteiger partial charge in [0.15, 0.2) is 0 Å². The topological polar surface area (TPSA) is 58.4 Å². The molecule has 4 nitrogen and oxygen atoms in total. The van der Waals surface area contributed by atoms with Gasteiger partial charge in [-0.05, 0) is 37.7 Å². The Hall–Kier alpha value is -1.10. The monoisotopic (exact) mass is 299 g/mol. The molecule has 1 rings (SSSR count). The summed E-state index contributed by atoms with van der Waals surface area (Å²) in [4.78, 5) is 14.3. The van der Waals surface area contributed by atoms with E-state index in [1.165, 1.54) is 0 Å². The average molecular weight is 300 g/mol. The van der Waals surface area contributed by atoms with Gasteiger partial charge in [0.1, 0.15) is 0 Å². The van der Waals surface area contributed by atoms with Crippen LogP contribution in [0.25, 0.3) is 0 Å². The molecule has 1 aromatic carbocycles. The van der Waals surface area contributed by atoms with Crippen LogP contribution in [0.2, 0.25) is 0 Å². The highest BCUT2D eigenvalue weighted by Crippen LogP contribution is 2.04. The van der Waals surface area contributed by atoms with Crippen molar-refractivity contribution in [3.8, 4) is 0 Å². The zero-order valence-electron chi connectivity index (χ0n) is 12.6. The summed E-state index contributed by atoms with van der Waals surface area (Å²) in [5.74, 6) is -0.0254. The van der Waals surface area contributed by atoms with Crippen molar-refractivity contribution in [1.82, 2.24) is 10.2 Å². The van der Waals surface area contributed by atoms with Crippen molar-refractivity contribution in [2.75, 3.05) is 19.6 Å². The molecule has 0 aliphatic heterocycles. The van der Waals surface area contributed by atoms with Gasteiger partial charge in [-0.3, -0.25) is 9.69 Å². The van der Waals surface area contributed by atoms with Gasteiger partial charge < -0.3 is 11.1 Å². The second-order valence-electron chi connectivity index (χ2n) is 4.68. The lowest BCUT2D eigenvalue weighted by Crippen LogP contribution is -2.42.